The van der Waals surface area contributed by atoms with Gasteiger partial charge in [-0.1, -0.05) is 140 Å². The van der Waals surface area contributed by atoms with E-state index in [-0.39, 0.29) is 0 Å². The van der Waals surface area contributed by atoms with Crippen LogP contribution >= 0.6 is 22.7 Å². The molecular formula is C52H30N4S2. The van der Waals surface area contributed by atoms with Crippen LogP contribution in [0.5, 0.6) is 0 Å². The van der Waals surface area contributed by atoms with Gasteiger partial charge in [-0.3, -0.25) is 0 Å². The molecule has 0 amide bonds. The molecular weight excluding hydrogens is 745 g/mol. The van der Waals surface area contributed by atoms with E-state index in [1.807, 2.05) is 29.5 Å². The summed E-state index contributed by atoms with van der Waals surface area (Å²) in [6, 6.07) is 64.4. The van der Waals surface area contributed by atoms with Crippen LogP contribution in [-0.2, 0) is 0 Å². The molecule has 0 spiro atoms. The van der Waals surface area contributed by atoms with E-state index in [2.05, 4.69) is 164 Å². The molecule has 0 bridgehead atoms. The fraction of sp³-hybridized carbons (Fsp3) is 0. The van der Waals surface area contributed by atoms with Crippen molar-refractivity contribution >= 4 is 84.7 Å². The SMILES string of the molecule is c1ccc(-c2nc(-c3cccc(-c4ccc5sc6ccc7c(-c8ccccc8)nc8ccccc8c7c6c5c4)c3)nc(-c3ccc4c(c3)sc3ccccc34)n2)cc1. The minimum Gasteiger partial charge on any atom is -0.247 e. The molecule has 4 nitrogen and oxygen atoms in total. The first kappa shape index (κ1) is 33.1. The lowest BCUT2D eigenvalue weighted by Gasteiger charge is -2.12. The Morgan fingerprint density at radius 2 is 0.828 bits per heavy atom. The maximum Gasteiger partial charge on any atom is 0.164 e. The van der Waals surface area contributed by atoms with Crippen molar-refractivity contribution in [3.63, 3.8) is 0 Å². The summed E-state index contributed by atoms with van der Waals surface area (Å²) in [5.41, 5.74) is 8.22. The number of pyridine rings is 1. The molecule has 0 aliphatic carbocycles. The number of nitrogens with zero attached hydrogens (tertiary/aromatic N) is 4. The van der Waals surface area contributed by atoms with Crippen LogP contribution in [0.2, 0.25) is 0 Å². The van der Waals surface area contributed by atoms with E-state index < -0.39 is 0 Å². The van der Waals surface area contributed by atoms with Gasteiger partial charge in [-0.15, -0.1) is 22.7 Å². The number of rotatable bonds is 5. The molecule has 0 N–H and O–H groups in total. The van der Waals surface area contributed by atoms with Crippen molar-refractivity contribution < 1.29 is 0 Å². The van der Waals surface area contributed by atoms with Crippen LogP contribution in [0.15, 0.2) is 182 Å². The van der Waals surface area contributed by atoms with E-state index in [1.54, 1.807) is 11.3 Å². The van der Waals surface area contributed by atoms with E-state index >= 15 is 0 Å². The lowest BCUT2D eigenvalue weighted by molar-refractivity contribution is 1.07. The van der Waals surface area contributed by atoms with Crippen LogP contribution in [0.3, 0.4) is 0 Å². The zero-order valence-corrected chi connectivity index (χ0v) is 32.6. The van der Waals surface area contributed by atoms with E-state index in [9.17, 15) is 0 Å². The van der Waals surface area contributed by atoms with Gasteiger partial charge in [0.1, 0.15) is 0 Å². The molecule has 12 aromatic rings. The van der Waals surface area contributed by atoms with Gasteiger partial charge in [-0.2, -0.15) is 0 Å². The molecule has 58 heavy (non-hydrogen) atoms. The molecule has 0 radical (unpaired) electrons. The first-order valence-corrected chi connectivity index (χ1v) is 20.9. The third kappa shape index (κ3) is 5.41. The Morgan fingerprint density at radius 1 is 0.276 bits per heavy atom. The highest BCUT2D eigenvalue weighted by Gasteiger charge is 2.18. The third-order valence-electron chi connectivity index (χ3n) is 11.1. The number of benzene rings is 8. The largest absolute Gasteiger partial charge is 0.247 e. The van der Waals surface area contributed by atoms with Crippen LogP contribution in [0.25, 0.3) is 119 Å². The zero-order chi connectivity index (χ0) is 38.2. The number of hydrogen-bond acceptors (Lipinski definition) is 6. The van der Waals surface area contributed by atoms with Crippen LogP contribution in [0.4, 0.5) is 0 Å². The maximum atomic E-state index is 5.21. The molecule has 4 aromatic heterocycles. The van der Waals surface area contributed by atoms with Gasteiger partial charge in [0.05, 0.1) is 11.2 Å². The number of fused-ring (bicyclic) bond motifs is 10. The van der Waals surface area contributed by atoms with Gasteiger partial charge in [0.25, 0.3) is 0 Å². The molecule has 8 aromatic carbocycles. The summed E-state index contributed by atoms with van der Waals surface area (Å²) in [6.45, 7) is 0. The van der Waals surface area contributed by atoms with Crippen molar-refractivity contribution in [3.05, 3.63) is 182 Å². The summed E-state index contributed by atoms with van der Waals surface area (Å²) in [7, 11) is 0. The average Bonchev–Trinajstić information content (AvgIpc) is 3.87. The highest BCUT2D eigenvalue weighted by atomic mass is 32.1. The van der Waals surface area contributed by atoms with Crippen molar-refractivity contribution in [2.45, 2.75) is 0 Å². The lowest BCUT2D eigenvalue weighted by atomic mass is 9.95. The number of hydrogen-bond donors (Lipinski definition) is 0. The lowest BCUT2D eigenvalue weighted by Crippen LogP contribution is -2.00. The van der Waals surface area contributed by atoms with E-state index in [0.29, 0.717) is 17.5 Å². The molecule has 0 fully saturated rings. The normalized spacial score (nSPS) is 11.8. The highest BCUT2D eigenvalue weighted by Crippen LogP contribution is 2.45. The van der Waals surface area contributed by atoms with Gasteiger partial charge in [0, 0.05) is 78.8 Å². The molecule has 0 atom stereocenters. The van der Waals surface area contributed by atoms with E-state index in [0.717, 1.165) is 50.0 Å². The van der Waals surface area contributed by atoms with Gasteiger partial charge in [0.2, 0.25) is 0 Å². The van der Waals surface area contributed by atoms with E-state index in [4.69, 9.17) is 19.9 Å². The van der Waals surface area contributed by atoms with Crippen LogP contribution in [-0.4, -0.2) is 19.9 Å². The summed E-state index contributed by atoms with van der Waals surface area (Å²) in [6.07, 6.45) is 0. The van der Waals surface area contributed by atoms with Gasteiger partial charge in [-0.05, 0) is 53.6 Å². The Morgan fingerprint density at radius 3 is 1.66 bits per heavy atom. The molecule has 0 saturated carbocycles. The minimum atomic E-state index is 0.641. The first-order chi connectivity index (χ1) is 28.7. The minimum absolute atomic E-state index is 0.641. The first-order valence-electron chi connectivity index (χ1n) is 19.3. The van der Waals surface area contributed by atoms with Crippen LogP contribution in [0, 0.1) is 0 Å². The van der Waals surface area contributed by atoms with Gasteiger partial charge in [0.15, 0.2) is 17.5 Å². The Labute approximate surface area is 341 Å². The summed E-state index contributed by atoms with van der Waals surface area (Å²) < 4.78 is 5.02. The Balaban J connectivity index is 1.02. The predicted octanol–water partition coefficient (Wildman–Crippen LogP) is 14.6. The van der Waals surface area contributed by atoms with Gasteiger partial charge in [-0.25, -0.2) is 19.9 Å². The predicted molar refractivity (Wildman–Crippen MR) is 246 cm³/mol. The van der Waals surface area contributed by atoms with Crippen LogP contribution in [0.1, 0.15) is 0 Å². The van der Waals surface area contributed by atoms with E-state index in [1.165, 1.54) is 51.1 Å². The van der Waals surface area contributed by atoms with Crippen molar-refractivity contribution in [1.29, 1.82) is 0 Å². The van der Waals surface area contributed by atoms with Crippen molar-refractivity contribution in [1.82, 2.24) is 19.9 Å². The molecule has 0 unspecified atom stereocenters. The second kappa shape index (κ2) is 13.2. The molecule has 0 aliphatic rings. The fourth-order valence-corrected chi connectivity index (χ4v) is 10.6. The van der Waals surface area contributed by atoms with Gasteiger partial charge >= 0.3 is 0 Å². The number of thiophene rings is 2. The quantitative estimate of drug-likeness (QED) is 0.163. The molecule has 0 saturated heterocycles. The standard InChI is InChI=1S/C52H30N4S2/c1-3-12-31(13-4-1)49-40-25-27-45-48(47(40)39-19-7-9-20-42(39)53-49)41-29-34(23-26-44(41)57-45)33-16-11-17-35(28-33)51-54-50(32-14-5-2-6-15-32)55-52(56-51)36-22-24-38-37-18-8-10-21-43(37)58-46(38)30-36/h1-30H. The Bertz CT molecular complexity index is 3570. The molecule has 0 aliphatic heterocycles. The second-order valence-corrected chi connectivity index (χ2v) is 16.7. The van der Waals surface area contributed by atoms with Crippen molar-refractivity contribution in [3.8, 4) is 56.5 Å². The monoisotopic (exact) mass is 774 g/mol. The summed E-state index contributed by atoms with van der Waals surface area (Å²) >= 11 is 3.64. The maximum absolute atomic E-state index is 5.21. The Hall–Kier alpha value is -7.12. The molecule has 12 rings (SSSR count). The average molecular weight is 775 g/mol. The van der Waals surface area contributed by atoms with Crippen LogP contribution < -0.4 is 0 Å². The summed E-state index contributed by atoms with van der Waals surface area (Å²) in [4.78, 5) is 20.5. The fourth-order valence-electron chi connectivity index (χ4n) is 8.36. The highest BCUT2D eigenvalue weighted by molar-refractivity contribution is 7.26. The summed E-state index contributed by atoms with van der Waals surface area (Å²) in [5, 5.41) is 8.62. The number of para-hydroxylation sites is 1. The smallest absolute Gasteiger partial charge is 0.164 e. The zero-order valence-electron chi connectivity index (χ0n) is 30.9. The summed E-state index contributed by atoms with van der Waals surface area (Å²) in [5.74, 6) is 1.95. The number of aromatic nitrogens is 4. The topological polar surface area (TPSA) is 51.6 Å². The molecule has 6 heteroatoms. The van der Waals surface area contributed by atoms with Crippen molar-refractivity contribution in [2.24, 2.45) is 0 Å². The molecule has 270 valence electrons. The third-order valence-corrected chi connectivity index (χ3v) is 13.4. The van der Waals surface area contributed by atoms with Gasteiger partial charge < -0.3 is 0 Å². The van der Waals surface area contributed by atoms with Crippen molar-refractivity contribution in [2.75, 3.05) is 0 Å². The molecule has 4 heterocycles. The Kier molecular flexibility index (Phi) is 7.55. The second-order valence-electron chi connectivity index (χ2n) is 14.6.